The third-order valence-electron chi connectivity index (χ3n) is 2.91. The lowest BCUT2D eigenvalue weighted by atomic mass is 10.3. The molecule has 0 bridgehead atoms. The monoisotopic (exact) mass is 343 g/mol. The van der Waals surface area contributed by atoms with E-state index in [1.165, 1.54) is 43.5 Å². The summed E-state index contributed by atoms with van der Waals surface area (Å²) in [7, 11) is -2.57. The van der Waals surface area contributed by atoms with Crippen molar-refractivity contribution in [3.8, 4) is 11.5 Å². The molecule has 0 amide bonds. The zero-order chi connectivity index (χ0) is 16.9. The Hall–Kier alpha value is -2.19. The maximum absolute atomic E-state index is 13.6. The first-order valence-corrected chi connectivity index (χ1v) is 8.12. The van der Waals surface area contributed by atoms with E-state index in [-0.39, 0.29) is 29.6 Å². The lowest BCUT2D eigenvalue weighted by Gasteiger charge is -2.09. The van der Waals surface area contributed by atoms with Crippen LogP contribution in [-0.2, 0) is 10.0 Å². The smallest absolute Gasteiger partial charge is 0.240 e. The molecule has 8 heteroatoms. The Morgan fingerprint density at radius 2 is 1.78 bits per heavy atom. The van der Waals surface area contributed by atoms with Gasteiger partial charge in [-0.3, -0.25) is 0 Å². The van der Waals surface area contributed by atoms with Crippen LogP contribution in [0.4, 0.5) is 8.78 Å². The number of sulfonamides is 1. The summed E-state index contributed by atoms with van der Waals surface area (Å²) in [6.45, 7) is 0.0247. The molecule has 23 heavy (non-hydrogen) atoms. The van der Waals surface area contributed by atoms with E-state index in [4.69, 9.17) is 9.47 Å². The summed E-state index contributed by atoms with van der Waals surface area (Å²) >= 11 is 0. The zero-order valence-electron chi connectivity index (χ0n) is 12.3. The highest BCUT2D eigenvalue weighted by molar-refractivity contribution is 7.89. The Morgan fingerprint density at radius 1 is 1.09 bits per heavy atom. The SMILES string of the molecule is COc1ccc(S(=O)(=O)NCCOc2ccc(F)cc2)cc1F. The summed E-state index contributed by atoms with van der Waals surface area (Å²) in [5.74, 6) is -0.776. The first kappa shape index (κ1) is 17.2. The molecule has 0 aliphatic heterocycles. The molecule has 0 fully saturated rings. The highest BCUT2D eigenvalue weighted by Crippen LogP contribution is 2.20. The molecule has 0 heterocycles. The van der Waals surface area contributed by atoms with Gasteiger partial charge in [-0.05, 0) is 42.5 Å². The fourth-order valence-corrected chi connectivity index (χ4v) is 2.80. The molecule has 0 unspecified atom stereocenters. The van der Waals surface area contributed by atoms with Gasteiger partial charge in [0.1, 0.15) is 18.2 Å². The fourth-order valence-electron chi connectivity index (χ4n) is 1.77. The van der Waals surface area contributed by atoms with Gasteiger partial charge in [0.25, 0.3) is 0 Å². The lowest BCUT2D eigenvalue weighted by molar-refractivity contribution is 0.322. The summed E-state index contributed by atoms with van der Waals surface area (Å²) in [5.41, 5.74) is 0. The van der Waals surface area contributed by atoms with Crippen molar-refractivity contribution in [1.29, 1.82) is 0 Å². The molecule has 0 radical (unpaired) electrons. The van der Waals surface area contributed by atoms with Gasteiger partial charge in [-0.2, -0.15) is 0 Å². The third-order valence-corrected chi connectivity index (χ3v) is 4.37. The maximum Gasteiger partial charge on any atom is 0.240 e. The standard InChI is InChI=1S/C15H15F2NO4S/c1-21-15-7-6-13(10-14(15)17)23(19,20)18-8-9-22-12-4-2-11(16)3-5-12/h2-7,10,18H,8-9H2,1H3. The van der Waals surface area contributed by atoms with Crippen LogP contribution < -0.4 is 14.2 Å². The van der Waals surface area contributed by atoms with Crippen LogP contribution in [0.15, 0.2) is 47.4 Å². The second-order valence-corrected chi connectivity index (χ2v) is 6.26. The predicted molar refractivity (Wildman–Crippen MR) is 80.0 cm³/mol. The zero-order valence-corrected chi connectivity index (χ0v) is 13.1. The molecule has 0 atom stereocenters. The van der Waals surface area contributed by atoms with Crippen LogP contribution in [0.3, 0.4) is 0 Å². The molecule has 5 nitrogen and oxygen atoms in total. The van der Waals surface area contributed by atoms with Gasteiger partial charge in [-0.15, -0.1) is 0 Å². The molecule has 124 valence electrons. The number of rotatable bonds is 7. The van der Waals surface area contributed by atoms with E-state index in [1.54, 1.807) is 0 Å². The van der Waals surface area contributed by atoms with E-state index in [1.807, 2.05) is 0 Å². The molecule has 0 aliphatic carbocycles. The van der Waals surface area contributed by atoms with Gasteiger partial charge < -0.3 is 9.47 Å². The predicted octanol–water partition coefficient (Wildman–Crippen LogP) is 2.33. The van der Waals surface area contributed by atoms with E-state index in [2.05, 4.69) is 4.72 Å². The summed E-state index contributed by atoms with van der Waals surface area (Å²) in [6.07, 6.45) is 0. The molecule has 2 aromatic rings. The van der Waals surface area contributed by atoms with Crippen LogP contribution in [-0.4, -0.2) is 28.7 Å². The molecular weight excluding hydrogens is 328 g/mol. The normalized spacial score (nSPS) is 11.3. The fraction of sp³-hybridized carbons (Fsp3) is 0.200. The van der Waals surface area contributed by atoms with Crippen molar-refractivity contribution in [2.45, 2.75) is 4.90 Å². The number of benzene rings is 2. The Balaban J connectivity index is 1.91. The van der Waals surface area contributed by atoms with Crippen LogP contribution in [0.1, 0.15) is 0 Å². The first-order chi connectivity index (χ1) is 10.9. The van der Waals surface area contributed by atoms with E-state index >= 15 is 0 Å². The number of methoxy groups -OCH3 is 1. The molecular formula is C15H15F2NO4S. The Kier molecular flexibility index (Phi) is 5.51. The minimum Gasteiger partial charge on any atom is -0.494 e. The van der Waals surface area contributed by atoms with Gasteiger partial charge >= 0.3 is 0 Å². The molecule has 0 spiro atoms. The van der Waals surface area contributed by atoms with Crippen molar-refractivity contribution in [2.75, 3.05) is 20.3 Å². The third kappa shape index (κ3) is 4.64. The highest BCUT2D eigenvalue weighted by Gasteiger charge is 2.16. The largest absolute Gasteiger partial charge is 0.494 e. The van der Waals surface area contributed by atoms with Crippen molar-refractivity contribution < 1.29 is 26.7 Å². The number of hydrogen-bond acceptors (Lipinski definition) is 4. The van der Waals surface area contributed by atoms with Crippen LogP contribution in [0.2, 0.25) is 0 Å². The lowest BCUT2D eigenvalue weighted by Crippen LogP contribution is -2.28. The summed E-state index contributed by atoms with van der Waals surface area (Å²) in [4.78, 5) is -0.211. The second kappa shape index (κ2) is 7.38. The first-order valence-electron chi connectivity index (χ1n) is 6.64. The summed E-state index contributed by atoms with van der Waals surface area (Å²) in [6, 6.07) is 8.69. The second-order valence-electron chi connectivity index (χ2n) is 4.50. The van der Waals surface area contributed by atoms with Crippen LogP contribution in [0, 0.1) is 11.6 Å². The molecule has 0 aromatic heterocycles. The topological polar surface area (TPSA) is 64.6 Å². The van der Waals surface area contributed by atoms with Crippen molar-refractivity contribution >= 4 is 10.0 Å². The Labute approximate surface area is 132 Å². The van der Waals surface area contributed by atoms with Crippen molar-refractivity contribution in [2.24, 2.45) is 0 Å². The van der Waals surface area contributed by atoms with Gasteiger partial charge in [0, 0.05) is 6.54 Å². The van der Waals surface area contributed by atoms with E-state index < -0.39 is 15.8 Å². The molecule has 0 saturated heterocycles. The Bertz CT molecular complexity index is 764. The number of nitrogens with one attached hydrogen (secondary N) is 1. The summed E-state index contributed by atoms with van der Waals surface area (Å²) < 4.78 is 62.6. The molecule has 0 aliphatic rings. The van der Waals surface area contributed by atoms with Crippen LogP contribution in [0.25, 0.3) is 0 Å². The van der Waals surface area contributed by atoms with Crippen molar-refractivity contribution in [1.82, 2.24) is 4.72 Å². The van der Waals surface area contributed by atoms with Gasteiger partial charge in [0.2, 0.25) is 10.0 Å². The molecule has 2 rings (SSSR count). The minimum absolute atomic E-state index is 0.0205. The van der Waals surface area contributed by atoms with Gasteiger partial charge in [-0.1, -0.05) is 0 Å². The van der Waals surface area contributed by atoms with Crippen LogP contribution >= 0.6 is 0 Å². The van der Waals surface area contributed by atoms with Gasteiger partial charge in [-0.25, -0.2) is 21.9 Å². The number of halogens is 2. The van der Waals surface area contributed by atoms with Crippen LogP contribution in [0.5, 0.6) is 11.5 Å². The number of ether oxygens (including phenoxy) is 2. The van der Waals surface area contributed by atoms with E-state index in [9.17, 15) is 17.2 Å². The van der Waals surface area contributed by atoms with Crippen molar-refractivity contribution in [3.63, 3.8) is 0 Å². The average molecular weight is 343 g/mol. The Morgan fingerprint density at radius 3 is 2.39 bits per heavy atom. The highest BCUT2D eigenvalue weighted by atomic mass is 32.2. The maximum atomic E-state index is 13.6. The van der Waals surface area contributed by atoms with E-state index in [0.29, 0.717) is 5.75 Å². The minimum atomic E-state index is -3.85. The molecule has 1 N–H and O–H groups in total. The van der Waals surface area contributed by atoms with Gasteiger partial charge in [0.15, 0.2) is 11.6 Å². The summed E-state index contributed by atoms with van der Waals surface area (Å²) in [5, 5.41) is 0. The quantitative estimate of drug-likeness (QED) is 0.784. The van der Waals surface area contributed by atoms with Crippen molar-refractivity contribution in [3.05, 3.63) is 54.1 Å². The van der Waals surface area contributed by atoms with E-state index in [0.717, 1.165) is 6.07 Å². The molecule has 2 aromatic carbocycles. The number of hydrogen-bond donors (Lipinski definition) is 1. The molecule has 0 saturated carbocycles. The van der Waals surface area contributed by atoms with Gasteiger partial charge in [0.05, 0.1) is 12.0 Å². The average Bonchev–Trinajstić information content (AvgIpc) is 2.53.